The Morgan fingerprint density at radius 1 is 1.55 bits per heavy atom. The van der Waals surface area contributed by atoms with Gasteiger partial charge in [0.2, 0.25) is 17.6 Å². The minimum Gasteiger partial charge on any atom is -0.392 e. The lowest BCUT2D eigenvalue weighted by Crippen LogP contribution is -2.30. The fraction of sp³-hybridized carbons (Fsp3) is 0.385. The van der Waals surface area contributed by atoms with Crippen LogP contribution in [0.3, 0.4) is 0 Å². The number of amides is 1. The van der Waals surface area contributed by atoms with Crippen LogP contribution < -0.4 is 5.32 Å². The molecule has 1 atom stereocenters. The first kappa shape index (κ1) is 14.1. The number of rotatable bonds is 6. The Morgan fingerprint density at radius 2 is 2.40 bits per heavy atom. The van der Waals surface area contributed by atoms with Crippen LogP contribution in [0.1, 0.15) is 19.2 Å². The molecule has 0 aliphatic rings. The summed E-state index contributed by atoms with van der Waals surface area (Å²) < 4.78 is 5.08. The van der Waals surface area contributed by atoms with Gasteiger partial charge in [-0.15, -0.1) is 0 Å². The van der Waals surface area contributed by atoms with Gasteiger partial charge >= 0.3 is 0 Å². The van der Waals surface area contributed by atoms with Crippen LogP contribution in [0.4, 0.5) is 0 Å². The number of aliphatic hydroxyl groups is 1. The maximum atomic E-state index is 11.5. The molecule has 0 aromatic carbocycles. The molecule has 2 heterocycles. The lowest BCUT2D eigenvalue weighted by Gasteiger charge is -2.05. The second kappa shape index (κ2) is 6.76. The molecule has 2 aromatic rings. The van der Waals surface area contributed by atoms with Crippen molar-refractivity contribution in [3.05, 3.63) is 30.4 Å². The molecule has 0 fully saturated rings. The van der Waals surface area contributed by atoms with E-state index in [2.05, 4.69) is 20.4 Å². The maximum absolute atomic E-state index is 11.5. The van der Waals surface area contributed by atoms with Crippen molar-refractivity contribution < 1.29 is 14.4 Å². The minimum absolute atomic E-state index is 0.160. The van der Waals surface area contributed by atoms with E-state index in [1.165, 1.54) is 0 Å². The Kier molecular flexibility index (Phi) is 4.78. The normalized spacial score (nSPS) is 12.1. The van der Waals surface area contributed by atoms with Gasteiger partial charge in [-0.1, -0.05) is 5.16 Å². The van der Waals surface area contributed by atoms with E-state index >= 15 is 0 Å². The van der Waals surface area contributed by atoms with Crippen molar-refractivity contribution >= 4 is 5.91 Å². The SMILES string of the molecule is CC(O)CNC(=O)CCc1nc(-c2cccnc2)no1. The van der Waals surface area contributed by atoms with Crippen LogP contribution in [0, 0.1) is 0 Å². The number of nitrogens with zero attached hydrogens (tertiary/aromatic N) is 3. The molecule has 20 heavy (non-hydrogen) atoms. The number of nitrogens with one attached hydrogen (secondary N) is 1. The zero-order chi connectivity index (χ0) is 14.4. The summed E-state index contributed by atoms with van der Waals surface area (Å²) in [6, 6.07) is 3.62. The van der Waals surface area contributed by atoms with E-state index in [9.17, 15) is 4.79 Å². The van der Waals surface area contributed by atoms with Crippen molar-refractivity contribution in [3.63, 3.8) is 0 Å². The first-order valence-corrected chi connectivity index (χ1v) is 6.33. The molecule has 0 radical (unpaired) electrons. The van der Waals surface area contributed by atoms with Gasteiger partial charge in [-0.05, 0) is 19.1 Å². The molecule has 0 spiro atoms. The Bertz CT molecular complexity index is 554. The third kappa shape index (κ3) is 4.13. The summed E-state index contributed by atoms with van der Waals surface area (Å²) >= 11 is 0. The van der Waals surface area contributed by atoms with Gasteiger partial charge in [-0.2, -0.15) is 4.98 Å². The van der Waals surface area contributed by atoms with Crippen LogP contribution in [-0.2, 0) is 11.2 Å². The van der Waals surface area contributed by atoms with Crippen LogP contribution in [0.15, 0.2) is 29.0 Å². The van der Waals surface area contributed by atoms with E-state index in [0.29, 0.717) is 18.1 Å². The van der Waals surface area contributed by atoms with Crippen LogP contribution >= 0.6 is 0 Å². The zero-order valence-electron chi connectivity index (χ0n) is 11.1. The lowest BCUT2D eigenvalue weighted by atomic mass is 10.2. The summed E-state index contributed by atoms with van der Waals surface area (Å²) in [4.78, 5) is 19.7. The Hall–Kier alpha value is -2.28. The molecule has 7 nitrogen and oxygen atoms in total. The molecule has 1 unspecified atom stereocenters. The molecule has 1 amide bonds. The monoisotopic (exact) mass is 276 g/mol. The van der Waals surface area contributed by atoms with Gasteiger partial charge < -0.3 is 14.9 Å². The van der Waals surface area contributed by atoms with E-state index in [0.717, 1.165) is 5.56 Å². The lowest BCUT2D eigenvalue weighted by molar-refractivity contribution is -0.121. The zero-order valence-corrected chi connectivity index (χ0v) is 11.1. The molecular weight excluding hydrogens is 260 g/mol. The number of hydrogen-bond donors (Lipinski definition) is 2. The van der Waals surface area contributed by atoms with E-state index in [-0.39, 0.29) is 18.9 Å². The standard InChI is InChI=1S/C13H16N4O3/c1-9(18)7-15-11(19)4-5-12-16-13(17-20-12)10-3-2-6-14-8-10/h2-3,6,8-9,18H,4-5,7H2,1H3,(H,15,19). The van der Waals surface area contributed by atoms with Gasteiger partial charge in [0.1, 0.15) is 0 Å². The second-order valence-electron chi connectivity index (χ2n) is 4.41. The quantitative estimate of drug-likeness (QED) is 0.799. The number of carbonyl (C=O) groups excluding carboxylic acids is 1. The molecule has 0 aliphatic carbocycles. The van der Waals surface area contributed by atoms with Crippen molar-refractivity contribution in [3.8, 4) is 11.4 Å². The van der Waals surface area contributed by atoms with Crippen molar-refractivity contribution in [2.45, 2.75) is 25.9 Å². The number of pyridine rings is 1. The van der Waals surface area contributed by atoms with E-state index in [1.807, 2.05) is 6.07 Å². The third-order valence-corrected chi connectivity index (χ3v) is 2.55. The van der Waals surface area contributed by atoms with E-state index in [1.54, 1.807) is 25.4 Å². The first-order chi connectivity index (χ1) is 9.65. The van der Waals surface area contributed by atoms with Gasteiger partial charge in [-0.25, -0.2) is 0 Å². The highest BCUT2D eigenvalue weighted by atomic mass is 16.5. The number of aliphatic hydroxyl groups excluding tert-OH is 1. The van der Waals surface area contributed by atoms with Gasteiger partial charge in [0.25, 0.3) is 0 Å². The first-order valence-electron chi connectivity index (χ1n) is 6.33. The maximum Gasteiger partial charge on any atom is 0.227 e. The number of carbonyl (C=O) groups is 1. The minimum atomic E-state index is -0.556. The molecule has 2 N–H and O–H groups in total. The summed E-state index contributed by atoms with van der Waals surface area (Å²) in [7, 11) is 0. The van der Waals surface area contributed by atoms with E-state index in [4.69, 9.17) is 9.63 Å². The summed E-state index contributed by atoms with van der Waals surface area (Å²) in [5, 5.41) is 15.5. The van der Waals surface area contributed by atoms with Crippen LogP contribution in [0.2, 0.25) is 0 Å². The number of hydrogen-bond acceptors (Lipinski definition) is 6. The summed E-state index contributed by atoms with van der Waals surface area (Å²) in [6.07, 6.45) is 3.35. The predicted molar refractivity (Wildman–Crippen MR) is 70.5 cm³/mol. The molecule has 2 aromatic heterocycles. The van der Waals surface area contributed by atoms with Gasteiger partial charge in [0.15, 0.2) is 0 Å². The summed E-state index contributed by atoms with van der Waals surface area (Å²) in [6.45, 7) is 1.85. The van der Waals surface area contributed by atoms with Crippen molar-refractivity contribution in [1.29, 1.82) is 0 Å². The molecule has 106 valence electrons. The highest BCUT2D eigenvalue weighted by molar-refractivity contribution is 5.76. The average Bonchev–Trinajstić information content (AvgIpc) is 2.93. The molecular formula is C13H16N4O3. The second-order valence-corrected chi connectivity index (χ2v) is 4.41. The van der Waals surface area contributed by atoms with Crippen LogP contribution in [-0.4, -0.2) is 38.8 Å². The van der Waals surface area contributed by atoms with Crippen molar-refractivity contribution in [2.24, 2.45) is 0 Å². The molecule has 0 bridgehead atoms. The smallest absolute Gasteiger partial charge is 0.227 e. The molecule has 0 saturated carbocycles. The molecule has 0 aliphatic heterocycles. The number of aryl methyl sites for hydroxylation is 1. The van der Waals surface area contributed by atoms with Crippen molar-refractivity contribution in [1.82, 2.24) is 20.4 Å². The molecule has 2 rings (SSSR count). The van der Waals surface area contributed by atoms with Crippen LogP contribution in [0.25, 0.3) is 11.4 Å². The summed E-state index contributed by atoms with van der Waals surface area (Å²) in [5.74, 6) is 0.695. The fourth-order valence-electron chi connectivity index (χ4n) is 1.54. The largest absolute Gasteiger partial charge is 0.392 e. The fourth-order valence-corrected chi connectivity index (χ4v) is 1.54. The number of aromatic nitrogens is 3. The van der Waals surface area contributed by atoms with Crippen LogP contribution in [0.5, 0.6) is 0 Å². The van der Waals surface area contributed by atoms with Crippen molar-refractivity contribution in [2.75, 3.05) is 6.54 Å². The van der Waals surface area contributed by atoms with E-state index < -0.39 is 6.10 Å². The van der Waals surface area contributed by atoms with Gasteiger partial charge in [0, 0.05) is 37.3 Å². The average molecular weight is 276 g/mol. The predicted octanol–water partition coefficient (Wildman–Crippen LogP) is 0.561. The highest BCUT2D eigenvalue weighted by Gasteiger charge is 2.10. The molecule has 7 heteroatoms. The Labute approximate surface area is 116 Å². The van der Waals surface area contributed by atoms with Gasteiger partial charge in [0.05, 0.1) is 6.10 Å². The van der Waals surface area contributed by atoms with Gasteiger partial charge in [-0.3, -0.25) is 9.78 Å². The Balaban J connectivity index is 1.86. The Morgan fingerprint density at radius 3 is 3.10 bits per heavy atom. The third-order valence-electron chi connectivity index (χ3n) is 2.55. The summed E-state index contributed by atoms with van der Waals surface area (Å²) in [5.41, 5.74) is 0.765. The molecule has 0 saturated heterocycles. The topological polar surface area (TPSA) is 101 Å². The highest BCUT2D eigenvalue weighted by Crippen LogP contribution is 2.14.